The van der Waals surface area contributed by atoms with Crippen LogP contribution in [0.15, 0.2) is 89.6 Å². The van der Waals surface area contributed by atoms with Gasteiger partial charge in [0.2, 0.25) is 0 Å². The lowest BCUT2D eigenvalue weighted by Gasteiger charge is -2.06. The number of aliphatic imine (C=N–C) groups is 1. The van der Waals surface area contributed by atoms with E-state index in [-0.39, 0.29) is 6.47 Å². The molecule has 4 N–H and O–H groups in total. The summed E-state index contributed by atoms with van der Waals surface area (Å²) in [7, 11) is 1.78. The van der Waals surface area contributed by atoms with Gasteiger partial charge in [0, 0.05) is 31.2 Å². The molecule has 5 heteroatoms. The molecule has 0 saturated carbocycles. The van der Waals surface area contributed by atoms with Gasteiger partial charge in [-0.1, -0.05) is 82.2 Å². The third-order valence-corrected chi connectivity index (χ3v) is 5.32. The number of nitrogens with two attached hydrogens (primary N) is 1. The zero-order chi connectivity index (χ0) is 33.8. The number of hydrogen-bond donors (Lipinski definition) is 3. The molecule has 0 aliphatic heterocycles. The van der Waals surface area contributed by atoms with Gasteiger partial charge in [0.15, 0.2) is 0 Å². The summed E-state index contributed by atoms with van der Waals surface area (Å²) in [6, 6.07) is 16.5. The molecule has 0 fully saturated rings. The van der Waals surface area contributed by atoms with Crippen molar-refractivity contribution in [3.8, 4) is 12.8 Å². The average Bonchev–Trinajstić information content (AvgIpc) is 3.01. The van der Waals surface area contributed by atoms with Crippen molar-refractivity contribution < 1.29 is 9.90 Å². The zero-order valence-electron chi connectivity index (χ0n) is 28.3. The van der Waals surface area contributed by atoms with Gasteiger partial charge in [-0.05, 0) is 88.3 Å². The van der Waals surface area contributed by atoms with Crippen molar-refractivity contribution in [1.82, 2.24) is 5.32 Å². The number of rotatable bonds is 8. The highest BCUT2D eigenvalue weighted by Gasteiger charge is 1.95. The van der Waals surface area contributed by atoms with Crippen molar-refractivity contribution in [3.63, 3.8) is 0 Å². The van der Waals surface area contributed by atoms with Crippen molar-refractivity contribution in [2.75, 3.05) is 19.3 Å². The van der Waals surface area contributed by atoms with E-state index in [4.69, 9.17) is 15.6 Å². The maximum atomic E-state index is 8.36. The van der Waals surface area contributed by atoms with Crippen LogP contribution in [0.4, 0.5) is 5.69 Å². The molecule has 0 aliphatic rings. The Morgan fingerprint density at radius 3 is 1.88 bits per heavy atom. The van der Waals surface area contributed by atoms with Gasteiger partial charge in [-0.25, -0.2) is 0 Å². The minimum Gasteiger partial charge on any atom is -0.483 e. The molecule has 0 unspecified atom stereocenters. The number of nitrogens with zero attached hydrogens (tertiary/aromatic N) is 1. The van der Waals surface area contributed by atoms with E-state index >= 15 is 0 Å². The first-order valence-electron chi connectivity index (χ1n) is 14.4. The van der Waals surface area contributed by atoms with E-state index in [0.717, 1.165) is 25.1 Å². The Morgan fingerprint density at radius 1 is 1.00 bits per heavy atom. The third-order valence-electron chi connectivity index (χ3n) is 5.32. The normalized spacial score (nSPS) is 8.90. The molecule has 236 valence electrons. The molecular formula is C37H61N3O2. The summed E-state index contributed by atoms with van der Waals surface area (Å²) < 4.78 is 0. The second-order valence-corrected chi connectivity index (χ2v) is 8.57. The second-order valence-electron chi connectivity index (χ2n) is 8.57. The molecule has 2 aromatic carbocycles. The molecule has 0 atom stereocenters. The lowest BCUT2D eigenvalue weighted by Crippen LogP contribution is -2.12. The van der Waals surface area contributed by atoms with E-state index < -0.39 is 0 Å². The third kappa shape index (κ3) is 34.0. The predicted molar refractivity (Wildman–Crippen MR) is 191 cm³/mol. The lowest BCUT2D eigenvalue weighted by molar-refractivity contribution is -0.122. The Morgan fingerprint density at radius 2 is 1.50 bits per heavy atom. The molecule has 0 aromatic heterocycles. The topological polar surface area (TPSA) is 87.7 Å². The van der Waals surface area contributed by atoms with Crippen LogP contribution in [0.5, 0.6) is 0 Å². The second kappa shape index (κ2) is 39.1. The van der Waals surface area contributed by atoms with E-state index in [1.54, 1.807) is 7.05 Å². The fraction of sp³-hybridized carbons (Fsp3) is 0.405. The fourth-order valence-corrected chi connectivity index (χ4v) is 2.71. The molecule has 0 saturated heterocycles. The number of nitrogen functional groups attached to an aromatic ring is 1. The molecule has 0 heterocycles. The predicted octanol–water partition coefficient (Wildman–Crippen LogP) is 9.48. The molecular weight excluding hydrogens is 518 g/mol. The van der Waals surface area contributed by atoms with Gasteiger partial charge in [-0.15, -0.1) is 26.0 Å². The van der Waals surface area contributed by atoms with Gasteiger partial charge >= 0.3 is 0 Å². The van der Waals surface area contributed by atoms with Crippen molar-refractivity contribution in [2.45, 2.75) is 88.0 Å². The minimum absolute atomic E-state index is 0.250. The number of carboxylic acid groups (broad SMARTS) is 1. The summed E-state index contributed by atoms with van der Waals surface area (Å²) in [5.41, 5.74) is 14.3. The number of unbranched alkanes of at least 4 members (excludes halogenated alkanes) is 1. The largest absolute Gasteiger partial charge is 0.483 e. The molecule has 0 amide bonds. The summed E-state index contributed by atoms with van der Waals surface area (Å²) in [5.74, 6) is 0. The van der Waals surface area contributed by atoms with Crippen LogP contribution < -0.4 is 11.1 Å². The van der Waals surface area contributed by atoms with Crippen LogP contribution in [-0.4, -0.2) is 31.4 Å². The van der Waals surface area contributed by atoms with Crippen molar-refractivity contribution in [1.29, 1.82) is 0 Å². The highest BCUT2D eigenvalue weighted by atomic mass is 16.3. The number of aryl methyl sites for hydroxylation is 2. The molecule has 2 rings (SSSR count). The first-order chi connectivity index (χ1) is 20.2. The SMILES string of the molecule is C#C.C=C.CC.CCCCN/C(C)=C/Cc1ccccc1C.CCc1ccc(N)cc1.CN=CC(C)=C(C)C.O=CO. The van der Waals surface area contributed by atoms with Crippen LogP contribution in [0.2, 0.25) is 0 Å². The number of allylic oxidation sites excluding steroid dienone is 4. The Balaban J connectivity index is -0.000000151. The van der Waals surface area contributed by atoms with Crippen LogP contribution in [-0.2, 0) is 17.6 Å². The molecule has 0 radical (unpaired) electrons. The van der Waals surface area contributed by atoms with Crippen molar-refractivity contribution in [2.24, 2.45) is 4.99 Å². The van der Waals surface area contributed by atoms with Gasteiger partial charge in [0.1, 0.15) is 0 Å². The maximum absolute atomic E-state index is 8.36. The molecule has 0 spiro atoms. The van der Waals surface area contributed by atoms with Crippen LogP contribution in [0.1, 0.15) is 84.9 Å². The van der Waals surface area contributed by atoms with E-state index in [1.807, 2.05) is 32.2 Å². The molecule has 0 bridgehead atoms. The maximum Gasteiger partial charge on any atom is 0.290 e. The highest BCUT2D eigenvalue weighted by molar-refractivity contribution is 5.78. The monoisotopic (exact) mass is 579 g/mol. The summed E-state index contributed by atoms with van der Waals surface area (Å²) in [4.78, 5) is 12.2. The molecule has 2 aromatic rings. The van der Waals surface area contributed by atoms with Gasteiger partial charge in [0.25, 0.3) is 6.47 Å². The average molecular weight is 580 g/mol. The van der Waals surface area contributed by atoms with Crippen LogP contribution in [0, 0.1) is 19.8 Å². The summed E-state index contributed by atoms with van der Waals surface area (Å²) >= 11 is 0. The number of carbonyl (C=O) groups is 1. The fourth-order valence-electron chi connectivity index (χ4n) is 2.71. The minimum atomic E-state index is -0.250. The number of anilines is 1. The van der Waals surface area contributed by atoms with E-state index in [1.165, 1.54) is 46.4 Å². The summed E-state index contributed by atoms with van der Waals surface area (Å²) in [5, 5.41) is 10.3. The van der Waals surface area contributed by atoms with Gasteiger partial charge in [0.05, 0.1) is 0 Å². The van der Waals surface area contributed by atoms with E-state index in [2.05, 4.69) is 127 Å². The van der Waals surface area contributed by atoms with E-state index in [0.29, 0.717) is 0 Å². The molecule has 5 nitrogen and oxygen atoms in total. The lowest BCUT2D eigenvalue weighted by atomic mass is 10.1. The first kappa shape index (κ1) is 47.7. The Bertz CT molecular complexity index is 968. The standard InChI is InChI=1S/C15H23N.C8H11N.C7H13N.C2H6.C2H4.C2H2.CH2O2/c1-4-5-12-16-14(3)10-11-15-9-7-6-8-13(15)2;1-2-7-3-5-8(9)6-4-7;1-6(2)7(3)5-8-4;3*1-2;2-1-3/h6-10,16H,4-5,11-12H2,1-3H3;3-6H,2,9H2,1H3;5H,1-4H3;1-2H3;1-2H2;1-2H;1H,(H,2,3)/b14-10+;;;;;;. The van der Waals surface area contributed by atoms with Crippen molar-refractivity contribution >= 4 is 18.4 Å². The zero-order valence-corrected chi connectivity index (χ0v) is 28.3. The van der Waals surface area contributed by atoms with Gasteiger partial charge < -0.3 is 16.2 Å². The number of benzene rings is 2. The Hall–Kier alpha value is -4.04. The number of terminal acetylenes is 1. The smallest absolute Gasteiger partial charge is 0.290 e. The number of nitrogens with one attached hydrogen (secondary N) is 1. The van der Waals surface area contributed by atoms with Crippen LogP contribution in [0.25, 0.3) is 0 Å². The van der Waals surface area contributed by atoms with E-state index in [9.17, 15) is 0 Å². The summed E-state index contributed by atoms with van der Waals surface area (Å²) in [6.45, 7) is 25.7. The number of hydrogen-bond acceptors (Lipinski definition) is 4. The van der Waals surface area contributed by atoms with Crippen molar-refractivity contribution in [3.05, 3.63) is 101 Å². The molecule has 42 heavy (non-hydrogen) atoms. The molecule has 0 aliphatic carbocycles. The van der Waals surface area contributed by atoms with Gasteiger partial charge in [-0.2, -0.15) is 0 Å². The first-order valence-corrected chi connectivity index (χ1v) is 14.4. The van der Waals surface area contributed by atoms with Crippen LogP contribution >= 0.6 is 0 Å². The van der Waals surface area contributed by atoms with Gasteiger partial charge in [-0.3, -0.25) is 9.79 Å². The quantitative estimate of drug-likeness (QED) is 0.0726. The Kier molecular flexibility index (Phi) is 44.4. The Labute approximate surface area is 259 Å². The van der Waals surface area contributed by atoms with Crippen LogP contribution in [0.3, 0.4) is 0 Å². The summed E-state index contributed by atoms with van der Waals surface area (Å²) in [6.07, 6.45) is 16.7. The highest BCUT2D eigenvalue weighted by Crippen LogP contribution is 2.09.